The second-order valence-electron chi connectivity index (χ2n) is 7.84. The molecule has 0 radical (unpaired) electrons. The van der Waals surface area contributed by atoms with Gasteiger partial charge in [0.2, 0.25) is 5.88 Å². The van der Waals surface area contributed by atoms with E-state index in [4.69, 9.17) is 9.73 Å². The lowest BCUT2D eigenvalue weighted by molar-refractivity contribution is 0.243. The Hall–Kier alpha value is -1.82. The molecule has 27 heavy (non-hydrogen) atoms. The number of nitrogens with zero attached hydrogens (tertiary/aromatic N) is 2. The van der Waals surface area contributed by atoms with Crippen LogP contribution in [-0.4, -0.2) is 42.4 Å². The van der Waals surface area contributed by atoms with Crippen molar-refractivity contribution in [1.29, 1.82) is 0 Å². The summed E-state index contributed by atoms with van der Waals surface area (Å²) in [5, 5.41) is 16.0. The number of aliphatic hydroxyl groups excluding tert-OH is 1. The second kappa shape index (κ2) is 11.8. The number of rotatable bonds is 12. The van der Waals surface area contributed by atoms with Gasteiger partial charge in [0, 0.05) is 32.0 Å². The van der Waals surface area contributed by atoms with Gasteiger partial charge in [-0.25, -0.2) is 9.98 Å². The summed E-state index contributed by atoms with van der Waals surface area (Å²) in [6.45, 7) is 9.70. The van der Waals surface area contributed by atoms with Crippen molar-refractivity contribution in [1.82, 2.24) is 15.6 Å². The van der Waals surface area contributed by atoms with Crippen LogP contribution < -0.4 is 15.4 Å². The third-order valence-corrected chi connectivity index (χ3v) is 4.63. The molecule has 0 amide bonds. The number of nitrogens with one attached hydrogen (secondary N) is 2. The van der Waals surface area contributed by atoms with Crippen molar-refractivity contribution in [2.45, 2.75) is 53.0 Å². The van der Waals surface area contributed by atoms with Crippen molar-refractivity contribution in [2.24, 2.45) is 22.7 Å². The first-order valence-corrected chi connectivity index (χ1v) is 10.3. The van der Waals surface area contributed by atoms with Crippen molar-refractivity contribution in [3.63, 3.8) is 0 Å². The minimum atomic E-state index is 0.230. The largest absolute Gasteiger partial charge is 0.477 e. The van der Waals surface area contributed by atoms with Gasteiger partial charge in [-0.05, 0) is 62.0 Å². The van der Waals surface area contributed by atoms with Crippen LogP contribution in [0.2, 0.25) is 0 Å². The number of aromatic nitrogens is 1. The minimum Gasteiger partial charge on any atom is -0.477 e. The SMILES string of the molecule is CCNC(=NCc1ccnc(OCC2CC2)c1)NCC(CCO)CC(C)C. The average molecular weight is 377 g/mol. The van der Waals surface area contributed by atoms with Crippen LogP contribution in [-0.2, 0) is 6.54 Å². The molecule has 0 aliphatic heterocycles. The van der Waals surface area contributed by atoms with Crippen LogP contribution in [0.3, 0.4) is 0 Å². The normalized spacial score (nSPS) is 15.7. The molecule has 1 saturated carbocycles. The van der Waals surface area contributed by atoms with Crippen molar-refractivity contribution in [3.8, 4) is 5.88 Å². The number of pyridine rings is 1. The Kier molecular flexibility index (Phi) is 9.39. The van der Waals surface area contributed by atoms with Gasteiger partial charge in [-0.3, -0.25) is 0 Å². The zero-order chi connectivity index (χ0) is 19.5. The molecule has 152 valence electrons. The quantitative estimate of drug-likeness (QED) is 0.386. The van der Waals surface area contributed by atoms with Gasteiger partial charge in [-0.1, -0.05) is 13.8 Å². The Balaban J connectivity index is 1.88. The number of guanidine groups is 1. The molecule has 3 N–H and O–H groups in total. The first kappa shape index (κ1) is 21.5. The molecular formula is C21H36N4O2. The first-order valence-electron chi connectivity index (χ1n) is 10.3. The third kappa shape index (κ3) is 9.09. The smallest absolute Gasteiger partial charge is 0.213 e. The molecule has 0 bridgehead atoms. The maximum absolute atomic E-state index is 9.29. The van der Waals surface area contributed by atoms with E-state index in [9.17, 15) is 5.11 Å². The Bertz CT molecular complexity index is 573. The Morgan fingerprint density at radius 1 is 1.37 bits per heavy atom. The fourth-order valence-corrected chi connectivity index (χ4v) is 3.02. The van der Waals surface area contributed by atoms with Gasteiger partial charge >= 0.3 is 0 Å². The summed E-state index contributed by atoms with van der Waals surface area (Å²) in [5.74, 6) is 3.28. The maximum atomic E-state index is 9.29. The third-order valence-electron chi connectivity index (χ3n) is 4.63. The van der Waals surface area contributed by atoms with E-state index in [0.717, 1.165) is 50.0 Å². The highest BCUT2D eigenvalue weighted by Crippen LogP contribution is 2.29. The van der Waals surface area contributed by atoms with Crippen LogP contribution in [0, 0.1) is 17.8 Å². The molecule has 1 atom stereocenters. The highest BCUT2D eigenvalue weighted by atomic mass is 16.5. The summed E-state index contributed by atoms with van der Waals surface area (Å²) in [4.78, 5) is 8.98. The first-order chi connectivity index (χ1) is 13.1. The summed E-state index contributed by atoms with van der Waals surface area (Å²) in [7, 11) is 0. The molecule has 2 rings (SSSR count). The predicted molar refractivity (Wildman–Crippen MR) is 110 cm³/mol. The summed E-state index contributed by atoms with van der Waals surface area (Å²) >= 11 is 0. The Morgan fingerprint density at radius 3 is 2.85 bits per heavy atom. The van der Waals surface area contributed by atoms with Crippen LogP contribution in [0.15, 0.2) is 23.3 Å². The summed E-state index contributed by atoms with van der Waals surface area (Å²) in [5.41, 5.74) is 1.09. The van der Waals surface area contributed by atoms with Crippen LogP contribution in [0.5, 0.6) is 5.88 Å². The molecule has 1 fully saturated rings. The number of hydrogen-bond acceptors (Lipinski definition) is 4. The zero-order valence-electron chi connectivity index (χ0n) is 17.1. The van der Waals surface area contributed by atoms with Gasteiger partial charge in [0.25, 0.3) is 0 Å². The van der Waals surface area contributed by atoms with E-state index in [1.54, 1.807) is 6.20 Å². The molecule has 1 aromatic rings. The van der Waals surface area contributed by atoms with Gasteiger partial charge in [0.15, 0.2) is 5.96 Å². The van der Waals surface area contributed by atoms with E-state index in [1.807, 2.05) is 12.1 Å². The summed E-state index contributed by atoms with van der Waals surface area (Å²) in [6, 6.07) is 3.95. The Labute approximate surface area is 163 Å². The van der Waals surface area contributed by atoms with Gasteiger partial charge in [-0.2, -0.15) is 0 Å². The molecule has 1 aromatic heterocycles. The molecule has 6 heteroatoms. The lowest BCUT2D eigenvalue weighted by atomic mass is 9.94. The fraction of sp³-hybridized carbons (Fsp3) is 0.714. The lowest BCUT2D eigenvalue weighted by Crippen LogP contribution is -2.40. The monoisotopic (exact) mass is 376 g/mol. The van der Waals surface area contributed by atoms with E-state index in [0.29, 0.717) is 24.3 Å². The van der Waals surface area contributed by atoms with Crippen LogP contribution in [0.4, 0.5) is 0 Å². The molecule has 6 nitrogen and oxygen atoms in total. The number of aliphatic hydroxyl groups is 1. The van der Waals surface area contributed by atoms with Gasteiger partial charge in [0.1, 0.15) is 0 Å². The molecule has 0 aromatic carbocycles. The van der Waals surface area contributed by atoms with E-state index in [1.165, 1.54) is 12.8 Å². The molecular weight excluding hydrogens is 340 g/mol. The highest BCUT2D eigenvalue weighted by Gasteiger charge is 2.22. The van der Waals surface area contributed by atoms with Gasteiger partial charge < -0.3 is 20.5 Å². The van der Waals surface area contributed by atoms with Gasteiger partial charge in [0.05, 0.1) is 13.2 Å². The maximum Gasteiger partial charge on any atom is 0.213 e. The summed E-state index contributed by atoms with van der Waals surface area (Å²) < 4.78 is 5.75. The van der Waals surface area contributed by atoms with E-state index in [-0.39, 0.29) is 6.61 Å². The van der Waals surface area contributed by atoms with Crippen LogP contribution >= 0.6 is 0 Å². The van der Waals surface area contributed by atoms with Crippen molar-refractivity contribution in [2.75, 3.05) is 26.3 Å². The van der Waals surface area contributed by atoms with Crippen LogP contribution in [0.1, 0.15) is 52.0 Å². The average Bonchev–Trinajstić information content (AvgIpc) is 3.47. The second-order valence-corrected chi connectivity index (χ2v) is 7.84. The fourth-order valence-electron chi connectivity index (χ4n) is 3.02. The van der Waals surface area contributed by atoms with E-state index in [2.05, 4.69) is 36.4 Å². The molecule has 1 aliphatic carbocycles. The van der Waals surface area contributed by atoms with Crippen molar-refractivity contribution >= 4 is 5.96 Å². The summed E-state index contributed by atoms with van der Waals surface area (Å²) in [6.07, 6.45) is 6.24. The molecule has 1 heterocycles. The van der Waals surface area contributed by atoms with E-state index < -0.39 is 0 Å². The lowest BCUT2D eigenvalue weighted by Gasteiger charge is -2.20. The standard InChI is InChI=1S/C21H36N4O2/c1-4-22-21(25-14-19(8-10-26)11-16(2)3)24-13-18-7-9-23-20(12-18)27-15-17-5-6-17/h7,9,12,16-17,19,26H,4-6,8,10-11,13-15H2,1-3H3,(H2,22,24,25). The zero-order valence-corrected chi connectivity index (χ0v) is 17.1. The van der Waals surface area contributed by atoms with Crippen LogP contribution in [0.25, 0.3) is 0 Å². The van der Waals surface area contributed by atoms with Crippen molar-refractivity contribution < 1.29 is 9.84 Å². The number of hydrogen-bond donors (Lipinski definition) is 3. The minimum absolute atomic E-state index is 0.230. The predicted octanol–water partition coefficient (Wildman–Crippen LogP) is 2.97. The number of ether oxygens (including phenoxy) is 1. The Morgan fingerprint density at radius 2 is 2.19 bits per heavy atom. The number of aliphatic imine (C=N–C) groups is 1. The molecule has 0 saturated heterocycles. The van der Waals surface area contributed by atoms with E-state index >= 15 is 0 Å². The molecule has 1 aliphatic rings. The highest BCUT2D eigenvalue weighted by molar-refractivity contribution is 5.79. The van der Waals surface area contributed by atoms with Crippen molar-refractivity contribution in [3.05, 3.63) is 23.9 Å². The topological polar surface area (TPSA) is 78.8 Å². The molecule has 0 spiro atoms. The molecule has 1 unspecified atom stereocenters. The van der Waals surface area contributed by atoms with Gasteiger partial charge in [-0.15, -0.1) is 0 Å².